The summed E-state index contributed by atoms with van der Waals surface area (Å²) in [7, 11) is -1.97. The van der Waals surface area contributed by atoms with E-state index in [9.17, 15) is 13.2 Å². The second-order valence-electron chi connectivity index (χ2n) is 4.57. The molecule has 1 heterocycles. The molecule has 1 aromatic carbocycles. The Morgan fingerprint density at radius 3 is 2.37 bits per heavy atom. The molecule has 0 amide bonds. The van der Waals surface area contributed by atoms with Crippen LogP contribution in [0.1, 0.15) is 18.4 Å². The van der Waals surface area contributed by atoms with E-state index >= 15 is 0 Å². The minimum absolute atomic E-state index is 0.123. The van der Waals surface area contributed by atoms with Crippen molar-refractivity contribution in [2.24, 2.45) is 0 Å². The highest BCUT2D eigenvalue weighted by Crippen LogP contribution is 2.25. The number of piperidine rings is 1. The third-order valence-corrected chi connectivity index (χ3v) is 5.34. The van der Waals surface area contributed by atoms with Gasteiger partial charge in [0.25, 0.3) is 0 Å². The summed E-state index contributed by atoms with van der Waals surface area (Å²) >= 11 is 0. The molecule has 0 aromatic heterocycles. The molecule has 2 rings (SSSR count). The van der Waals surface area contributed by atoms with E-state index in [-0.39, 0.29) is 23.8 Å². The Kier molecular flexibility index (Phi) is 3.91. The van der Waals surface area contributed by atoms with Crippen LogP contribution in [0.3, 0.4) is 0 Å². The van der Waals surface area contributed by atoms with Gasteiger partial charge < -0.3 is 4.74 Å². The molecule has 1 aliphatic heterocycles. The summed E-state index contributed by atoms with van der Waals surface area (Å²) in [6.07, 6.45) is 0.600. The molecule has 0 N–H and O–H groups in total. The summed E-state index contributed by atoms with van der Waals surface area (Å²) in [5.74, 6) is 0.753. The van der Waals surface area contributed by atoms with Crippen molar-refractivity contribution < 1.29 is 17.9 Å². The van der Waals surface area contributed by atoms with Crippen LogP contribution in [-0.2, 0) is 14.8 Å². The van der Waals surface area contributed by atoms with Gasteiger partial charge in [0.2, 0.25) is 10.0 Å². The monoisotopic (exact) mass is 283 g/mol. The molecule has 1 saturated heterocycles. The van der Waals surface area contributed by atoms with Gasteiger partial charge in [0.05, 0.1) is 12.0 Å². The van der Waals surface area contributed by atoms with Crippen molar-refractivity contribution in [3.63, 3.8) is 0 Å². The Morgan fingerprint density at radius 1 is 1.21 bits per heavy atom. The maximum absolute atomic E-state index is 12.5. The SMILES string of the molecule is COc1ccc(S(=O)(=O)N2CCC(=O)CC2)c(C)c1. The fraction of sp³-hybridized carbons (Fsp3) is 0.462. The van der Waals surface area contributed by atoms with Gasteiger partial charge in [-0.1, -0.05) is 0 Å². The number of nitrogens with zero attached hydrogens (tertiary/aromatic N) is 1. The molecule has 19 heavy (non-hydrogen) atoms. The Balaban J connectivity index is 2.31. The number of Topliss-reactive ketones (excluding diaryl/α,β-unsaturated/α-hetero) is 1. The molecule has 1 aromatic rings. The van der Waals surface area contributed by atoms with Crippen LogP contribution in [0.5, 0.6) is 5.75 Å². The number of methoxy groups -OCH3 is 1. The third kappa shape index (κ3) is 2.79. The summed E-state index contributed by atoms with van der Waals surface area (Å²) in [5.41, 5.74) is 0.649. The molecular formula is C13H17NO4S. The van der Waals surface area contributed by atoms with E-state index in [1.54, 1.807) is 32.2 Å². The fourth-order valence-corrected chi connectivity index (χ4v) is 3.80. The molecule has 5 nitrogen and oxygen atoms in total. The van der Waals surface area contributed by atoms with Gasteiger partial charge >= 0.3 is 0 Å². The summed E-state index contributed by atoms with van der Waals surface area (Å²) in [5, 5.41) is 0. The lowest BCUT2D eigenvalue weighted by atomic mass is 10.1. The number of aryl methyl sites for hydroxylation is 1. The van der Waals surface area contributed by atoms with Crippen LogP contribution in [0.4, 0.5) is 0 Å². The summed E-state index contributed by atoms with van der Waals surface area (Å²) in [4.78, 5) is 11.5. The van der Waals surface area contributed by atoms with E-state index < -0.39 is 10.0 Å². The molecule has 1 aliphatic rings. The molecule has 0 bridgehead atoms. The number of carbonyl (C=O) groups is 1. The van der Waals surface area contributed by atoms with Gasteiger partial charge in [-0.05, 0) is 30.7 Å². The van der Waals surface area contributed by atoms with Crippen molar-refractivity contribution >= 4 is 15.8 Å². The first kappa shape index (κ1) is 14.0. The van der Waals surface area contributed by atoms with Gasteiger partial charge in [0.1, 0.15) is 11.5 Å². The molecule has 104 valence electrons. The molecule has 0 atom stereocenters. The van der Waals surface area contributed by atoms with Crippen molar-refractivity contribution in [3.05, 3.63) is 23.8 Å². The van der Waals surface area contributed by atoms with Gasteiger partial charge in [-0.2, -0.15) is 4.31 Å². The lowest BCUT2D eigenvalue weighted by Crippen LogP contribution is -2.38. The topological polar surface area (TPSA) is 63.7 Å². The Morgan fingerprint density at radius 2 is 1.84 bits per heavy atom. The average molecular weight is 283 g/mol. The average Bonchev–Trinajstić information content (AvgIpc) is 2.38. The zero-order chi connectivity index (χ0) is 14.0. The van der Waals surface area contributed by atoms with Gasteiger partial charge in [-0.3, -0.25) is 4.79 Å². The fourth-order valence-electron chi connectivity index (χ4n) is 2.15. The standard InChI is InChI=1S/C13H17NO4S/c1-10-9-12(18-2)3-4-13(10)19(16,17)14-7-5-11(15)6-8-14/h3-4,9H,5-8H2,1-2H3. The zero-order valence-corrected chi connectivity index (χ0v) is 11.9. The van der Waals surface area contributed by atoms with Crippen LogP contribution in [0.25, 0.3) is 0 Å². The number of hydrogen-bond acceptors (Lipinski definition) is 4. The molecule has 0 unspecified atom stereocenters. The van der Waals surface area contributed by atoms with Crippen LogP contribution < -0.4 is 4.74 Å². The Hall–Kier alpha value is -1.40. The first-order valence-corrected chi connectivity index (χ1v) is 7.55. The highest BCUT2D eigenvalue weighted by atomic mass is 32.2. The van der Waals surface area contributed by atoms with Crippen molar-refractivity contribution in [1.82, 2.24) is 4.31 Å². The number of sulfonamides is 1. The van der Waals surface area contributed by atoms with E-state index in [1.165, 1.54) is 4.31 Å². The highest BCUT2D eigenvalue weighted by Gasteiger charge is 2.29. The Bertz CT molecular complexity index is 585. The summed E-state index contributed by atoms with van der Waals surface area (Å²) in [6.45, 7) is 2.28. The maximum Gasteiger partial charge on any atom is 0.243 e. The lowest BCUT2D eigenvalue weighted by molar-refractivity contribution is -0.120. The second-order valence-corrected chi connectivity index (χ2v) is 6.48. The van der Waals surface area contributed by atoms with Crippen LogP contribution >= 0.6 is 0 Å². The Labute approximate surface area is 113 Å². The molecule has 0 spiro atoms. The lowest BCUT2D eigenvalue weighted by Gasteiger charge is -2.26. The first-order valence-electron chi connectivity index (χ1n) is 6.11. The summed E-state index contributed by atoms with van der Waals surface area (Å²) < 4.78 is 31.4. The number of ether oxygens (including phenoxy) is 1. The molecule has 6 heteroatoms. The third-order valence-electron chi connectivity index (χ3n) is 3.28. The van der Waals surface area contributed by atoms with E-state index in [0.29, 0.717) is 24.2 Å². The molecular weight excluding hydrogens is 266 g/mol. The first-order chi connectivity index (χ1) is 8.95. The van der Waals surface area contributed by atoms with E-state index in [2.05, 4.69) is 0 Å². The van der Waals surface area contributed by atoms with E-state index in [0.717, 1.165) is 0 Å². The normalized spacial score (nSPS) is 17.5. The van der Waals surface area contributed by atoms with Gasteiger partial charge in [0.15, 0.2) is 0 Å². The maximum atomic E-state index is 12.5. The minimum Gasteiger partial charge on any atom is -0.497 e. The van der Waals surface area contributed by atoms with Crippen molar-refractivity contribution in [1.29, 1.82) is 0 Å². The number of carbonyl (C=O) groups excluding carboxylic acids is 1. The highest BCUT2D eigenvalue weighted by molar-refractivity contribution is 7.89. The van der Waals surface area contributed by atoms with E-state index in [4.69, 9.17) is 4.74 Å². The van der Waals surface area contributed by atoms with Crippen molar-refractivity contribution in [2.45, 2.75) is 24.7 Å². The number of hydrogen-bond donors (Lipinski definition) is 0. The van der Waals surface area contributed by atoms with Gasteiger partial charge in [-0.15, -0.1) is 0 Å². The molecule has 0 aliphatic carbocycles. The predicted molar refractivity (Wildman–Crippen MR) is 70.7 cm³/mol. The summed E-state index contributed by atoms with van der Waals surface area (Å²) in [6, 6.07) is 4.89. The van der Waals surface area contributed by atoms with Crippen LogP contribution in [0, 0.1) is 6.92 Å². The van der Waals surface area contributed by atoms with Crippen LogP contribution in [-0.4, -0.2) is 38.7 Å². The second kappa shape index (κ2) is 5.30. The van der Waals surface area contributed by atoms with Gasteiger partial charge in [0, 0.05) is 25.9 Å². The molecule has 0 saturated carbocycles. The zero-order valence-electron chi connectivity index (χ0n) is 11.0. The minimum atomic E-state index is -3.52. The van der Waals surface area contributed by atoms with E-state index in [1.807, 2.05) is 0 Å². The molecule has 1 fully saturated rings. The smallest absolute Gasteiger partial charge is 0.243 e. The van der Waals surface area contributed by atoms with Gasteiger partial charge in [-0.25, -0.2) is 8.42 Å². The largest absolute Gasteiger partial charge is 0.497 e. The number of benzene rings is 1. The number of rotatable bonds is 3. The van der Waals surface area contributed by atoms with Crippen LogP contribution in [0.15, 0.2) is 23.1 Å². The number of ketones is 1. The van der Waals surface area contributed by atoms with Crippen molar-refractivity contribution in [3.8, 4) is 5.75 Å². The quantitative estimate of drug-likeness (QED) is 0.840. The molecule has 0 radical (unpaired) electrons. The van der Waals surface area contributed by atoms with Crippen molar-refractivity contribution in [2.75, 3.05) is 20.2 Å². The predicted octanol–water partition coefficient (Wildman–Crippen LogP) is 1.36. The van der Waals surface area contributed by atoms with Crippen LogP contribution in [0.2, 0.25) is 0 Å².